The summed E-state index contributed by atoms with van der Waals surface area (Å²) in [5, 5.41) is 0.999. The van der Waals surface area contributed by atoms with Crippen LogP contribution >= 0.6 is 27.3 Å². The number of halogens is 1. The summed E-state index contributed by atoms with van der Waals surface area (Å²) < 4.78 is 6.35. The maximum atomic E-state index is 5.43. The predicted molar refractivity (Wildman–Crippen MR) is 80.6 cm³/mol. The van der Waals surface area contributed by atoms with Crippen LogP contribution in [0.3, 0.4) is 0 Å². The molecule has 0 fully saturated rings. The van der Waals surface area contributed by atoms with Crippen molar-refractivity contribution >= 4 is 27.3 Å². The van der Waals surface area contributed by atoms with E-state index in [4.69, 9.17) is 4.74 Å². The van der Waals surface area contributed by atoms with Crippen LogP contribution in [0.5, 0.6) is 5.75 Å². The minimum atomic E-state index is 0.499. The van der Waals surface area contributed by atoms with E-state index in [2.05, 4.69) is 53.8 Å². The molecule has 0 aliphatic carbocycles. The number of ether oxygens (including phenoxy) is 1. The lowest BCUT2D eigenvalue weighted by Crippen LogP contribution is -1.92. The maximum absolute atomic E-state index is 5.43. The fraction of sp³-hybridized carbons (Fsp3) is 0.357. The Hall–Kier alpha value is -0.870. The molecule has 96 valence electrons. The highest BCUT2D eigenvalue weighted by molar-refractivity contribution is 9.10. The highest BCUT2D eigenvalue weighted by atomic mass is 79.9. The van der Waals surface area contributed by atoms with Gasteiger partial charge in [0.05, 0.1) is 12.7 Å². The first kappa shape index (κ1) is 13.6. The van der Waals surface area contributed by atoms with E-state index in [-0.39, 0.29) is 0 Å². The van der Waals surface area contributed by atoms with Crippen molar-refractivity contribution in [2.45, 2.75) is 26.7 Å². The molecule has 1 aromatic heterocycles. The van der Waals surface area contributed by atoms with Crippen molar-refractivity contribution < 1.29 is 4.74 Å². The summed E-state index contributed by atoms with van der Waals surface area (Å²) in [5.74, 6) is 1.37. The number of thiazole rings is 1. The van der Waals surface area contributed by atoms with Crippen LogP contribution in [0.2, 0.25) is 0 Å². The molecular formula is C14H16BrNOS. The first-order valence-corrected chi connectivity index (χ1v) is 7.45. The quantitative estimate of drug-likeness (QED) is 0.791. The first-order chi connectivity index (χ1) is 8.52. The number of rotatable bonds is 3. The smallest absolute Gasteiger partial charge is 0.129 e. The number of hydrogen-bond acceptors (Lipinski definition) is 3. The molecular weight excluding hydrogens is 310 g/mol. The SMILES string of the molecule is COc1ccc(C(C)C)cc1-c1nc(Br)c(C)s1. The fourth-order valence-corrected chi connectivity index (χ4v) is 3.11. The van der Waals surface area contributed by atoms with Gasteiger partial charge in [0, 0.05) is 4.88 Å². The average molecular weight is 326 g/mol. The van der Waals surface area contributed by atoms with Gasteiger partial charge in [0.1, 0.15) is 15.4 Å². The van der Waals surface area contributed by atoms with Gasteiger partial charge < -0.3 is 4.74 Å². The minimum absolute atomic E-state index is 0.499. The Morgan fingerprint density at radius 3 is 2.56 bits per heavy atom. The van der Waals surface area contributed by atoms with E-state index in [0.29, 0.717) is 5.92 Å². The zero-order valence-electron chi connectivity index (χ0n) is 11.0. The molecule has 0 atom stereocenters. The molecule has 1 heterocycles. The predicted octanol–water partition coefficient (Wildman–Crippen LogP) is 5.01. The van der Waals surface area contributed by atoms with Crippen LogP contribution in [-0.2, 0) is 0 Å². The van der Waals surface area contributed by atoms with E-state index in [1.54, 1.807) is 18.4 Å². The van der Waals surface area contributed by atoms with Crippen LogP contribution in [0.25, 0.3) is 10.6 Å². The molecule has 0 aliphatic rings. The second-order valence-electron chi connectivity index (χ2n) is 4.48. The molecule has 2 rings (SSSR count). The second-order valence-corrected chi connectivity index (χ2v) is 6.43. The number of benzene rings is 1. The summed E-state index contributed by atoms with van der Waals surface area (Å²) in [4.78, 5) is 5.73. The standard InChI is InChI=1S/C14H16BrNOS/c1-8(2)10-5-6-12(17-4)11(7-10)14-16-13(15)9(3)18-14/h5-8H,1-4H3. The Morgan fingerprint density at radius 1 is 1.33 bits per heavy atom. The minimum Gasteiger partial charge on any atom is -0.496 e. The van der Waals surface area contributed by atoms with Crippen molar-refractivity contribution in [2.75, 3.05) is 7.11 Å². The third-order valence-corrected chi connectivity index (χ3v) is 4.90. The number of nitrogens with zero attached hydrogens (tertiary/aromatic N) is 1. The zero-order valence-corrected chi connectivity index (χ0v) is 13.4. The normalized spacial score (nSPS) is 11.0. The van der Waals surface area contributed by atoms with Crippen LogP contribution in [0, 0.1) is 6.92 Å². The summed E-state index contributed by atoms with van der Waals surface area (Å²) >= 11 is 5.15. The molecule has 0 bridgehead atoms. The van der Waals surface area contributed by atoms with Gasteiger partial charge >= 0.3 is 0 Å². The lowest BCUT2D eigenvalue weighted by Gasteiger charge is -2.11. The molecule has 0 N–H and O–H groups in total. The molecule has 4 heteroatoms. The van der Waals surface area contributed by atoms with Crippen LogP contribution in [-0.4, -0.2) is 12.1 Å². The van der Waals surface area contributed by atoms with Gasteiger partial charge in [0.15, 0.2) is 0 Å². The van der Waals surface area contributed by atoms with Crippen molar-refractivity contribution in [3.05, 3.63) is 33.2 Å². The molecule has 0 radical (unpaired) electrons. The molecule has 18 heavy (non-hydrogen) atoms. The lowest BCUT2D eigenvalue weighted by molar-refractivity contribution is 0.416. The second kappa shape index (κ2) is 5.41. The topological polar surface area (TPSA) is 22.1 Å². The lowest BCUT2D eigenvalue weighted by atomic mass is 10.0. The first-order valence-electron chi connectivity index (χ1n) is 5.84. The highest BCUT2D eigenvalue weighted by Gasteiger charge is 2.13. The maximum Gasteiger partial charge on any atom is 0.129 e. The Balaban J connectivity index is 2.56. The molecule has 0 saturated carbocycles. The van der Waals surface area contributed by atoms with Crippen LogP contribution in [0.4, 0.5) is 0 Å². The van der Waals surface area contributed by atoms with Gasteiger partial charge in [0.2, 0.25) is 0 Å². The van der Waals surface area contributed by atoms with E-state index in [1.165, 1.54) is 10.4 Å². The average Bonchev–Trinajstić information content (AvgIpc) is 2.68. The zero-order chi connectivity index (χ0) is 13.3. The van der Waals surface area contributed by atoms with E-state index in [9.17, 15) is 0 Å². The molecule has 0 aliphatic heterocycles. The van der Waals surface area contributed by atoms with Gasteiger partial charge in [-0.05, 0) is 46.5 Å². The molecule has 0 spiro atoms. The third-order valence-electron chi connectivity index (χ3n) is 2.86. The van der Waals surface area contributed by atoms with Crippen molar-refractivity contribution in [3.8, 4) is 16.3 Å². The van der Waals surface area contributed by atoms with E-state index in [1.807, 2.05) is 6.07 Å². The van der Waals surface area contributed by atoms with Crippen molar-refractivity contribution in [2.24, 2.45) is 0 Å². The van der Waals surface area contributed by atoms with E-state index < -0.39 is 0 Å². The number of hydrogen-bond donors (Lipinski definition) is 0. The fourth-order valence-electron chi connectivity index (χ4n) is 1.74. The number of aromatic nitrogens is 1. The molecule has 1 aromatic carbocycles. The molecule has 2 aromatic rings. The van der Waals surface area contributed by atoms with Crippen molar-refractivity contribution in [1.82, 2.24) is 4.98 Å². The summed E-state index contributed by atoms with van der Waals surface area (Å²) in [5.41, 5.74) is 2.37. The third kappa shape index (κ3) is 2.59. The van der Waals surface area contributed by atoms with Gasteiger partial charge in [-0.2, -0.15) is 0 Å². The van der Waals surface area contributed by atoms with Crippen LogP contribution in [0.1, 0.15) is 30.2 Å². The Morgan fingerprint density at radius 2 is 2.06 bits per heavy atom. The molecule has 0 amide bonds. The molecule has 2 nitrogen and oxygen atoms in total. The Bertz CT molecular complexity index is 543. The monoisotopic (exact) mass is 325 g/mol. The highest BCUT2D eigenvalue weighted by Crippen LogP contribution is 2.37. The molecule has 0 unspecified atom stereocenters. The van der Waals surface area contributed by atoms with Gasteiger partial charge in [0.25, 0.3) is 0 Å². The Labute approximate surface area is 120 Å². The number of methoxy groups -OCH3 is 1. The van der Waals surface area contributed by atoms with Gasteiger partial charge in [-0.3, -0.25) is 0 Å². The largest absolute Gasteiger partial charge is 0.496 e. The van der Waals surface area contributed by atoms with Gasteiger partial charge in [-0.15, -0.1) is 11.3 Å². The van der Waals surface area contributed by atoms with Crippen molar-refractivity contribution in [1.29, 1.82) is 0 Å². The van der Waals surface area contributed by atoms with Crippen molar-refractivity contribution in [3.63, 3.8) is 0 Å². The summed E-state index contributed by atoms with van der Waals surface area (Å²) in [7, 11) is 1.70. The van der Waals surface area contributed by atoms with Crippen LogP contribution in [0.15, 0.2) is 22.8 Å². The summed E-state index contributed by atoms with van der Waals surface area (Å²) in [6.45, 7) is 6.44. The molecule has 0 saturated heterocycles. The van der Waals surface area contributed by atoms with E-state index in [0.717, 1.165) is 20.9 Å². The van der Waals surface area contributed by atoms with E-state index >= 15 is 0 Å². The van der Waals surface area contributed by atoms with Crippen LogP contribution < -0.4 is 4.74 Å². The number of aryl methyl sites for hydroxylation is 1. The Kier molecular flexibility index (Phi) is 4.07. The summed E-state index contributed by atoms with van der Waals surface area (Å²) in [6, 6.07) is 6.31. The summed E-state index contributed by atoms with van der Waals surface area (Å²) in [6.07, 6.45) is 0. The van der Waals surface area contributed by atoms with Gasteiger partial charge in [-0.1, -0.05) is 19.9 Å². The van der Waals surface area contributed by atoms with Gasteiger partial charge in [-0.25, -0.2) is 4.98 Å².